The summed E-state index contributed by atoms with van der Waals surface area (Å²) >= 11 is 3.09. The van der Waals surface area contributed by atoms with Crippen LogP contribution in [0.5, 0.6) is 17.2 Å². The Morgan fingerprint density at radius 3 is 1.69 bits per heavy atom. The highest BCUT2D eigenvalue weighted by atomic mass is 79.9. The molecule has 0 heterocycles. The Morgan fingerprint density at radius 2 is 1.26 bits per heavy atom. The molecule has 3 aromatic carbocycles. The van der Waals surface area contributed by atoms with Crippen molar-refractivity contribution in [3.05, 3.63) is 81.3 Å². The van der Waals surface area contributed by atoms with Crippen LogP contribution in [-0.2, 0) is 16.9 Å². The molecule has 0 saturated carbocycles. The Kier molecular flexibility index (Phi) is 8.57. The molecule has 6 nitrogen and oxygen atoms in total. The number of hydrogen-bond acceptors (Lipinski definition) is 6. The van der Waals surface area contributed by atoms with Crippen LogP contribution in [0.15, 0.2) is 59.1 Å². The summed E-state index contributed by atoms with van der Waals surface area (Å²) in [5.41, 5.74) is -10.2. The van der Waals surface area contributed by atoms with Gasteiger partial charge in [-0.15, -0.1) is 0 Å². The van der Waals surface area contributed by atoms with Crippen LogP contribution in [0.4, 0.5) is 26.3 Å². The lowest BCUT2D eigenvalue weighted by Crippen LogP contribution is -2.28. The Labute approximate surface area is 226 Å². The van der Waals surface area contributed by atoms with Gasteiger partial charge in [0.1, 0.15) is 11.1 Å². The number of alkyl halides is 6. The predicted octanol–water partition coefficient (Wildman–Crippen LogP) is 7.18. The fourth-order valence-corrected chi connectivity index (χ4v) is 7.24. The van der Waals surface area contributed by atoms with Gasteiger partial charge in [-0.05, 0) is 28.1 Å². The zero-order valence-corrected chi connectivity index (χ0v) is 22.7. The molecule has 0 fully saturated rings. The van der Waals surface area contributed by atoms with E-state index in [0.29, 0.717) is 6.07 Å². The first kappa shape index (κ1) is 30.2. The second kappa shape index (κ2) is 11.1. The van der Waals surface area contributed by atoms with Crippen molar-refractivity contribution in [3.8, 4) is 17.2 Å². The SMILES string of the molecule is COc1cc(Br)c(OC)c(P(=O)(C(=O)c2ccccc2)C(=O)c2c(C(F)(F)F)cccc2C(F)(F)F)c1OC. The van der Waals surface area contributed by atoms with Crippen molar-refractivity contribution in [2.24, 2.45) is 0 Å². The minimum atomic E-state index is -5.70. The predicted molar refractivity (Wildman–Crippen MR) is 133 cm³/mol. The minimum Gasteiger partial charge on any atom is -0.495 e. The maximum atomic E-state index is 14.9. The summed E-state index contributed by atoms with van der Waals surface area (Å²) in [6.45, 7) is 0. The third-order valence-corrected chi connectivity index (χ3v) is 8.80. The number of methoxy groups -OCH3 is 3. The molecule has 208 valence electrons. The van der Waals surface area contributed by atoms with Crippen molar-refractivity contribution in [1.29, 1.82) is 0 Å². The lowest BCUT2D eigenvalue weighted by molar-refractivity contribution is -0.143. The Hall–Kier alpha value is -3.31. The molecule has 0 bridgehead atoms. The summed E-state index contributed by atoms with van der Waals surface area (Å²) in [4.78, 5) is 27.9. The normalized spacial score (nSPS) is 13.4. The van der Waals surface area contributed by atoms with Crippen LogP contribution in [0.3, 0.4) is 0 Å². The molecule has 1 atom stereocenters. The van der Waals surface area contributed by atoms with Crippen molar-refractivity contribution in [3.63, 3.8) is 0 Å². The van der Waals surface area contributed by atoms with Crippen LogP contribution in [0, 0.1) is 0 Å². The number of hydrogen-bond donors (Lipinski definition) is 0. The van der Waals surface area contributed by atoms with Crippen LogP contribution >= 0.6 is 23.1 Å². The average Bonchev–Trinajstić information content (AvgIpc) is 2.90. The van der Waals surface area contributed by atoms with E-state index in [2.05, 4.69) is 15.9 Å². The minimum absolute atomic E-state index is 0.0771. The molecule has 1 unspecified atom stereocenters. The van der Waals surface area contributed by atoms with Crippen molar-refractivity contribution in [2.45, 2.75) is 12.4 Å². The van der Waals surface area contributed by atoms with E-state index in [1.165, 1.54) is 24.3 Å². The zero-order chi connectivity index (χ0) is 29.3. The molecule has 3 rings (SSSR count). The van der Waals surface area contributed by atoms with Gasteiger partial charge >= 0.3 is 12.4 Å². The molecule has 0 N–H and O–H groups in total. The van der Waals surface area contributed by atoms with E-state index in [0.717, 1.165) is 33.5 Å². The Bertz CT molecular complexity index is 1440. The topological polar surface area (TPSA) is 78.9 Å². The van der Waals surface area contributed by atoms with E-state index in [9.17, 15) is 40.5 Å². The van der Waals surface area contributed by atoms with Gasteiger partial charge in [-0.1, -0.05) is 36.4 Å². The van der Waals surface area contributed by atoms with Crippen LogP contribution in [0.2, 0.25) is 0 Å². The second-order valence-corrected chi connectivity index (χ2v) is 11.1. The van der Waals surface area contributed by atoms with E-state index in [1.807, 2.05) is 0 Å². The van der Waals surface area contributed by atoms with Crippen molar-refractivity contribution < 1.29 is 54.7 Å². The molecule has 0 aliphatic heterocycles. The number of halogens is 7. The molecular formula is C25H18BrF6O6P. The molecule has 14 heteroatoms. The molecular weight excluding hydrogens is 621 g/mol. The Morgan fingerprint density at radius 1 is 0.744 bits per heavy atom. The van der Waals surface area contributed by atoms with Gasteiger partial charge in [-0.2, -0.15) is 26.3 Å². The average molecular weight is 639 g/mol. The molecule has 0 amide bonds. The number of rotatable bonds is 8. The fourth-order valence-electron chi connectivity index (χ4n) is 3.88. The van der Waals surface area contributed by atoms with Gasteiger partial charge in [0.05, 0.1) is 42.5 Å². The van der Waals surface area contributed by atoms with Crippen LogP contribution in [0.1, 0.15) is 31.8 Å². The first-order valence-electron chi connectivity index (χ1n) is 10.7. The van der Waals surface area contributed by atoms with Gasteiger partial charge in [0.15, 0.2) is 11.5 Å². The maximum absolute atomic E-state index is 14.9. The van der Waals surface area contributed by atoms with Gasteiger partial charge in [-0.25, -0.2) is 0 Å². The largest absolute Gasteiger partial charge is 0.495 e. The standard InChI is InChI=1S/C25H18BrF6O6P/c1-36-17-12-16(26)19(37-2)21(20(17)38-3)39(35,22(33)13-8-5-4-6-9-13)23(34)18-14(24(27,28)29)10-7-11-15(18)25(30,31)32/h4-12H,1-3H3. The molecule has 0 saturated heterocycles. The van der Waals surface area contributed by atoms with Crippen molar-refractivity contribution in [1.82, 2.24) is 0 Å². The second-order valence-electron chi connectivity index (χ2n) is 7.79. The third kappa shape index (κ3) is 5.42. The third-order valence-electron chi connectivity index (χ3n) is 5.55. The van der Waals surface area contributed by atoms with Gasteiger partial charge in [-0.3, -0.25) is 9.59 Å². The van der Waals surface area contributed by atoms with Crippen LogP contribution < -0.4 is 19.5 Å². The van der Waals surface area contributed by atoms with Crippen LogP contribution in [-0.4, -0.2) is 32.4 Å². The highest BCUT2D eigenvalue weighted by molar-refractivity contribution is 9.10. The summed E-state index contributed by atoms with van der Waals surface area (Å²) in [7, 11) is -2.53. The molecule has 0 aliphatic carbocycles. The summed E-state index contributed by atoms with van der Waals surface area (Å²) in [6.07, 6.45) is -11.0. The number of benzene rings is 3. The van der Waals surface area contributed by atoms with E-state index >= 15 is 0 Å². The quantitative estimate of drug-likeness (QED) is 0.192. The molecule has 3 aromatic rings. The van der Waals surface area contributed by atoms with Gasteiger partial charge in [0.2, 0.25) is 11.0 Å². The van der Waals surface area contributed by atoms with Crippen molar-refractivity contribution in [2.75, 3.05) is 21.3 Å². The number of ether oxygens (including phenoxy) is 3. The van der Waals surface area contributed by atoms with E-state index in [1.54, 1.807) is 0 Å². The highest BCUT2D eigenvalue weighted by Crippen LogP contribution is 2.59. The lowest BCUT2D eigenvalue weighted by Gasteiger charge is -2.25. The highest BCUT2D eigenvalue weighted by Gasteiger charge is 2.53. The number of carbonyl (C=O) groups is 2. The summed E-state index contributed by atoms with van der Waals surface area (Å²) < 4.78 is 114. The smallest absolute Gasteiger partial charge is 0.417 e. The molecule has 0 aliphatic rings. The molecule has 39 heavy (non-hydrogen) atoms. The monoisotopic (exact) mass is 638 g/mol. The van der Waals surface area contributed by atoms with Gasteiger partial charge in [0.25, 0.3) is 7.14 Å². The maximum Gasteiger partial charge on any atom is 0.417 e. The Balaban J connectivity index is 2.60. The van der Waals surface area contributed by atoms with Crippen molar-refractivity contribution >= 4 is 39.4 Å². The summed E-state index contributed by atoms with van der Waals surface area (Å²) in [6, 6.07) is 8.43. The lowest BCUT2D eigenvalue weighted by atomic mass is 10.0. The van der Waals surface area contributed by atoms with E-state index in [4.69, 9.17) is 14.2 Å². The van der Waals surface area contributed by atoms with Gasteiger partial charge in [0, 0.05) is 11.6 Å². The molecule has 0 spiro atoms. The first-order chi connectivity index (χ1) is 18.1. The first-order valence-corrected chi connectivity index (χ1v) is 13.2. The number of carbonyl (C=O) groups excluding carboxylic acids is 2. The molecule has 0 radical (unpaired) electrons. The van der Waals surface area contributed by atoms with Crippen LogP contribution in [0.25, 0.3) is 0 Å². The van der Waals surface area contributed by atoms with Gasteiger partial charge < -0.3 is 18.8 Å². The molecule has 0 aromatic heterocycles. The summed E-state index contributed by atoms with van der Waals surface area (Å²) in [5.74, 6) is -1.29. The zero-order valence-electron chi connectivity index (χ0n) is 20.2. The fraction of sp³-hybridized carbons (Fsp3) is 0.200. The summed E-state index contributed by atoms with van der Waals surface area (Å²) in [5, 5.41) is -0.873. The van der Waals surface area contributed by atoms with E-state index < -0.39 is 69.6 Å². The van der Waals surface area contributed by atoms with E-state index in [-0.39, 0.29) is 22.4 Å².